The van der Waals surface area contributed by atoms with Gasteiger partial charge in [0.05, 0.1) is 10.6 Å². The van der Waals surface area contributed by atoms with Crippen molar-refractivity contribution < 1.29 is 18.7 Å². The summed E-state index contributed by atoms with van der Waals surface area (Å²) in [6, 6.07) is 6.31. The summed E-state index contributed by atoms with van der Waals surface area (Å²) in [7, 11) is 0. The first-order valence-corrected chi connectivity index (χ1v) is 6.47. The van der Waals surface area contributed by atoms with Crippen molar-refractivity contribution in [3.05, 3.63) is 52.9 Å². The quantitative estimate of drug-likeness (QED) is 0.664. The molecule has 8 heteroatoms. The predicted molar refractivity (Wildman–Crippen MR) is 79.0 cm³/mol. The maximum absolute atomic E-state index is 12.9. The minimum Gasteiger partial charge on any atom is -0.452 e. The first-order valence-electron chi connectivity index (χ1n) is 6.09. The minimum atomic E-state index is -0.822. The van der Waals surface area contributed by atoms with Crippen LogP contribution in [0.4, 0.5) is 15.9 Å². The number of nitrogen functional groups attached to an aromatic ring is 1. The van der Waals surface area contributed by atoms with E-state index >= 15 is 0 Å². The van der Waals surface area contributed by atoms with Crippen LogP contribution in [0.25, 0.3) is 0 Å². The van der Waals surface area contributed by atoms with Gasteiger partial charge >= 0.3 is 5.97 Å². The van der Waals surface area contributed by atoms with Gasteiger partial charge in [0, 0.05) is 11.9 Å². The molecular formula is C14H11ClFN3O3. The van der Waals surface area contributed by atoms with Crippen LogP contribution in [0, 0.1) is 5.82 Å². The van der Waals surface area contributed by atoms with E-state index in [9.17, 15) is 14.0 Å². The SMILES string of the molecule is Nc1cc(F)ccc1C(=O)OCC(=O)Nc1ccc(Cl)cn1. The van der Waals surface area contributed by atoms with E-state index in [-0.39, 0.29) is 17.1 Å². The molecule has 0 saturated heterocycles. The molecule has 1 aromatic heterocycles. The van der Waals surface area contributed by atoms with Gasteiger partial charge < -0.3 is 15.8 Å². The Morgan fingerprint density at radius 2 is 2.09 bits per heavy atom. The third-order valence-electron chi connectivity index (χ3n) is 2.56. The number of nitrogens with one attached hydrogen (secondary N) is 1. The Kier molecular flexibility index (Phi) is 4.90. The first kappa shape index (κ1) is 15.7. The molecule has 0 bridgehead atoms. The number of hydrogen-bond acceptors (Lipinski definition) is 5. The smallest absolute Gasteiger partial charge is 0.340 e. The highest BCUT2D eigenvalue weighted by atomic mass is 35.5. The number of anilines is 2. The molecule has 6 nitrogen and oxygen atoms in total. The second-order valence-corrected chi connectivity index (χ2v) is 4.65. The molecule has 0 atom stereocenters. The molecule has 0 fully saturated rings. The Balaban J connectivity index is 1.90. The van der Waals surface area contributed by atoms with Crippen molar-refractivity contribution in [2.24, 2.45) is 0 Å². The second kappa shape index (κ2) is 6.86. The van der Waals surface area contributed by atoms with E-state index in [1.54, 1.807) is 6.07 Å². The average molecular weight is 324 g/mol. The number of carbonyl (C=O) groups is 2. The lowest BCUT2D eigenvalue weighted by atomic mass is 10.2. The highest BCUT2D eigenvalue weighted by Crippen LogP contribution is 2.14. The van der Waals surface area contributed by atoms with Gasteiger partial charge in [-0.2, -0.15) is 0 Å². The van der Waals surface area contributed by atoms with Gasteiger partial charge in [-0.3, -0.25) is 4.79 Å². The maximum atomic E-state index is 12.9. The Morgan fingerprint density at radius 1 is 1.32 bits per heavy atom. The summed E-state index contributed by atoms with van der Waals surface area (Å²) in [5, 5.41) is 2.85. The standard InChI is InChI=1S/C14H11ClFN3O3/c15-8-1-4-12(18-6-8)19-13(20)7-22-14(21)10-3-2-9(16)5-11(10)17/h1-6H,7,17H2,(H,18,19,20). The Labute approximate surface area is 130 Å². The number of ether oxygens (including phenoxy) is 1. The van der Waals surface area contributed by atoms with Crippen molar-refractivity contribution in [2.75, 3.05) is 17.7 Å². The molecular weight excluding hydrogens is 313 g/mol. The Bertz CT molecular complexity index is 707. The summed E-state index contributed by atoms with van der Waals surface area (Å²) in [5.74, 6) is -1.70. The molecule has 0 aliphatic carbocycles. The van der Waals surface area contributed by atoms with E-state index in [1.165, 1.54) is 18.3 Å². The van der Waals surface area contributed by atoms with Crippen molar-refractivity contribution in [1.29, 1.82) is 0 Å². The van der Waals surface area contributed by atoms with Crippen LogP contribution in [-0.2, 0) is 9.53 Å². The molecule has 0 spiro atoms. The number of nitrogens with two attached hydrogens (primary N) is 1. The molecule has 1 amide bonds. The zero-order valence-electron chi connectivity index (χ0n) is 11.2. The first-order chi connectivity index (χ1) is 10.5. The van der Waals surface area contributed by atoms with Crippen molar-refractivity contribution in [1.82, 2.24) is 4.98 Å². The van der Waals surface area contributed by atoms with Crippen molar-refractivity contribution in [3.8, 4) is 0 Å². The predicted octanol–water partition coefficient (Wildman–Crippen LogP) is 2.25. The van der Waals surface area contributed by atoms with Crippen LogP contribution >= 0.6 is 11.6 Å². The van der Waals surface area contributed by atoms with Gasteiger partial charge in [-0.25, -0.2) is 14.2 Å². The average Bonchev–Trinajstić information content (AvgIpc) is 2.47. The van der Waals surface area contributed by atoms with Crippen molar-refractivity contribution in [3.63, 3.8) is 0 Å². The van der Waals surface area contributed by atoms with Crippen LogP contribution < -0.4 is 11.1 Å². The van der Waals surface area contributed by atoms with Gasteiger partial charge in [0.15, 0.2) is 6.61 Å². The molecule has 1 heterocycles. The molecule has 114 valence electrons. The molecule has 0 saturated carbocycles. The summed E-state index contributed by atoms with van der Waals surface area (Å²) in [5.41, 5.74) is 5.42. The van der Waals surface area contributed by atoms with E-state index in [1.807, 2.05) is 0 Å². The molecule has 0 unspecified atom stereocenters. The Hall–Kier alpha value is -2.67. The third-order valence-corrected chi connectivity index (χ3v) is 2.79. The number of esters is 1. The largest absolute Gasteiger partial charge is 0.452 e. The molecule has 0 radical (unpaired) electrons. The summed E-state index contributed by atoms with van der Waals surface area (Å²) in [6.07, 6.45) is 1.36. The highest BCUT2D eigenvalue weighted by molar-refractivity contribution is 6.30. The van der Waals surface area contributed by atoms with Crippen LogP contribution in [0.5, 0.6) is 0 Å². The lowest BCUT2D eigenvalue weighted by Gasteiger charge is -2.07. The highest BCUT2D eigenvalue weighted by Gasteiger charge is 2.14. The van der Waals surface area contributed by atoms with Crippen LogP contribution in [0.2, 0.25) is 5.02 Å². The number of aromatic nitrogens is 1. The number of rotatable bonds is 4. The number of nitrogens with zero attached hydrogens (tertiary/aromatic N) is 1. The van der Waals surface area contributed by atoms with Crippen molar-refractivity contribution >= 4 is 35.0 Å². The van der Waals surface area contributed by atoms with E-state index in [2.05, 4.69) is 10.3 Å². The van der Waals surface area contributed by atoms with Gasteiger partial charge in [0.1, 0.15) is 11.6 Å². The molecule has 22 heavy (non-hydrogen) atoms. The van der Waals surface area contributed by atoms with Gasteiger partial charge in [-0.1, -0.05) is 11.6 Å². The minimum absolute atomic E-state index is 0.0150. The fraction of sp³-hybridized carbons (Fsp3) is 0.0714. The van der Waals surface area contributed by atoms with Gasteiger partial charge in [0.25, 0.3) is 5.91 Å². The number of amides is 1. The number of hydrogen-bond donors (Lipinski definition) is 2. The van der Waals surface area contributed by atoms with Gasteiger partial charge in [-0.15, -0.1) is 0 Å². The molecule has 2 aromatic rings. The van der Waals surface area contributed by atoms with E-state index < -0.39 is 24.3 Å². The molecule has 0 aliphatic heterocycles. The number of carbonyl (C=O) groups excluding carboxylic acids is 2. The number of pyridine rings is 1. The van der Waals surface area contributed by atoms with Crippen LogP contribution in [-0.4, -0.2) is 23.5 Å². The van der Waals surface area contributed by atoms with E-state index in [0.717, 1.165) is 12.1 Å². The van der Waals surface area contributed by atoms with E-state index in [0.29, 0.717) is 5.02 Å². The second-order valence-electron chi connectivity index (χ2n) is 4.22. The summed E-state index contributed by atoms with van der Waals surface area (Å²) in [4.78, 5) is 27.2. The fourth-order valence-electron chi connectivity index (χ4n) is 1.56. The monoisotopic (exact) mass is 323 g/mol. The van der Waals surface area contributed by atoms with Gasteiger partial charge in [0.2, 0.25) is 0 Å². The Morgan fingerprint density at radius 3 is 2.73 bits per heavy atom. The molecule has 0 aliphatic rings. The van der Waals surface area contributed by atoms with Crippen LogP contribution in [0.15, 0.2) is 36.5 Å². The normalized spacial score (nSPS) is 10.1. The lowest BCUT2D eigenvalue weighted by molar-refractivity contribution is -0.119. The number of halogens is 2. The van der Waals surface area contributed by atoms with Gasteiger partial charge in [-0.05, 0) is 30.3 Å². The van der Waals surface area contributed by atoms with Crippen LogP contribution in [0.3, 0.4) is 0 Å². The summed E-state index contributed by atoms with van der Waals surface area (Å²) >= 11 is 5.66. The zero-order valence-corrected chi connectivity index (χ0v) is 11.9. The topological polar surface area (TPSA) is 94.3 Å². The van der Waals surface area contributed by atoms with Crippen molar-refractivity contribution in [2.45, 2.75) is 0 Å². The van der Waals surface area contributed by atoms with E-state index in [4.69, 9.17) is 22.1 Å². The third kappa shape index (κ3) is 4.16. The molecule has 2 rings (SSSR count). The summed E-state index contributed by atoms with van der Waals surface area (Å²) < 4.78 is 17.7. The molecule has 1 aromatic carbocycles. The maximum Gasteiger partial charge on any atom is 0.340 e. The molecule has 3 N–H and O–H groups in total. The zero-order chi connectivity index (χ0) is 16.1. The lowest BCUT2D eigenvalue weighted by Crippen LogP contribution is -2.21. The number of benzene rings is 1. The fourth-order valence-corrected chi connectivity index (χ4v) is 1.67. The summed E-state index contributed by atoms with van der Waals surface area (Å²) in [6.45, 7) is -0.528. The van der Waals surface area contributed by atoms with Crippen LogP contribution in [0.1, 0.15) is 10.4 Å².